The third-order valence-corrected chi connectivity index (χ3v) is 2.80. The minimum atomic E-state index is -0.701. The van der Waals surface area contributed by atoms with E-state index in [-0.39, 0.29) is 17.9 Å². The van der Waals surface area contributed by atoms with E-state index in [4.69, 9.17) is 5.26 Å². The predicted octanol–water partition coefficient (Wildman–Crippen LogP) is 2.71. The van der Waals surface area contributed by atoms with E-state index in [0.29, 0.717) is 6.42 Å². The molecule has 1 aromatic rings. The van der Waals surface area contributed by atoms with Gasteiger partial charge in [0.1, 0.15) is 11.6 Å². The van der Waals surface area contributed by atoms with Gasteiger partial charge in [-0.25, -0.2) is 0 Å². The van der Waals surface area contributed by atoms with Gasteiger partial charge in [0, 0.05) is 22.8 Å². The normalized spacial score (nSPS) is 10.6. The number of carbonyl (C=O) groups is 2. The standard InChI is InChI=1S/C14H14BrN3O2/c1-2-4-13(19)18-14(20)10(8-16)9-17-12-6-3-5-11(15)7-12/h3,5-7,9,17H,2,4H2,1H3,(H,18,19,20)/b10-9-. The highest BCUT2D eigenvalue weighted by atomic mass is 79.9. The Kier molecular flexibility index (Phi) is 6.47. The van der Waals surface area contributed by atoms with Crippen molar-refractivity contribution in [2.24, 2.45) is 0 Å². The van der Waals surface area contributed by atoms with Gasteiger partial charge in [-0.05, 0) is 24.6 Å². The second kappa shape index (κ2) is 8.12. The van der Waals surface area contributed by atoms with Crippen LogP contribution in [0.3, 0.4) is 0 Å². The SMILES string of the molecule is CCCC(=O)NC(=O)/C(C#N)=C\Nc1cccc(Br)c1. The van der Waals surface area contributed by atoms with E-state index >= 15 is 0 Å². The van der Waals surface area contributed by atoms with Crippen LogP contribution in [-0.4, -0.2) is 11.8 Å². The molecule has 0 spiro atoms. The number of hydrogen-bond acceptors (Lipinski definition) is 4. The maximum Gasteiger partial charge on any atom is 0.269 e. The molecule has 0 saturated carbocycles. The first-order valence-corrected chi connectivity index (χ1v) is 6.82. The third-order valence-electron chi connectivity index (χ3n) is 2.30. The van der Waals surface area contributed by atoms with Gasteiger partial charge in [0.25, 0.3) is 5.91 Å². The quantitative estimate of drug-likeness (QED) is 0.640. The summed E-state index contributed by atoms with van der Waals surface area (Å²) in [4.78, 5) is 23.0. The van der Waals surface area contributed by atoms with Crippen molar-refractivity contribution in [3.63, 3.8) is 0 Å². The molecular weight excluding hydrogens is 322 g/mol. The van der Waals surface area contributed by atoms with Crippen LogP contribution in [0.4, 0.5) is 5.69 Å². The number of nitrogens with one attached hydrogen (secondary N) is 2. The summed E-state index contributed by atoms with van der Waals surface area (Å²) in [5.74, 6) is -1.09. The molecule has 0 radical (unpaired) electrons. The highest BCUT2D eigenvalue weighted by Crippen LogP contribution is 2.15. The number of carbonyl (C=O) groups excluding carboxylic acids is 2. The molecule has 2 amide bonds. The van der Waals surface area contributed by atoms with Crippen molar-refractivity contribution >= 4 is 33.4 Å². The first-order chi connectivity index (χ1) is 9.56. The molecule has 0 unspecified atom stereocenters. The largest absolute Gasteiger partial charge is 0.360 e. The summed E-state index contributed by atoms with van der Waals surface area (Å²) >= 11 is 3.32. The van der Waals surface area contributed by atoms with Gasteiger partial charge >= 0.3 is 0 Å². The van der Waals surface area contributed by atoms with Gasteiger partial charge in [0.05, 0.1) is 0 Å². The molecule has 0 atom stereocenters. The first kappa shape index (κ1) is 15.9. The molecule has 0 aliphatic heterocycles. The lowest BCUT2D eigenvalue weighted by atomic mass is 10.2. The number of nitrogens with zero attached hydrogens (tertiary/aromatic N) is 1. The van der Waals surface area contributed by atoms with Gasteiger partial charge in [0.15, 0.2) is 0 Å². The van der Waals surface area contributed by atoms with Crippen LogP contribution < -0.4 is 10.6 Å². The van der Waals surface area contributed by atoms with Gasteiger partial charge < -0.3 is 5.32 Å². The van der Waals surface area contributed by atoms with Crippen LogP contribution in [0.15, 0.2) is 40.5 Å². The Morgan fingerprint density at radius 2 is 2.20 bits per heavy atom. The molecule has 5 nitrogen and oxygen atoms in total. The van der Waals surface area contributed by atoms with Crippen molar-refractivity contribution in [1.82, 2.24) is 5.32 Å². The van der Waals surface area contributed by atoms with Crippen molar-refractivity contribution in [1.29, 1.82) is 5.26 Å². The van der Waals surface area contributed by atoms with Crippen molar-refractivity contribution in [2.75, 3.05) is 5.32 Å². The summed E-state index contributed by atoms with van der Waals surface area (Å²) < 4.78 is 0.872. The average Bonchev–Trinajstić information content (AvgIpc) is 2.39. The summed E-state index contributed by atoms with van der Waals surface area (Å²) in [7, 11) is 0. The minimum Gasteiger partial charge on any atom is -0.360 e. The summed E-state index contributed by atoms with van der Waals surface area (Å²) in [5, 5.41) is 13.9. The van der Waals surface area contributed by atoms with E-state index in [1.165, 1.54) is 6.20 Å². The highest BCUT2D eigenvalue weighted by molar-refractivity contribution is 9.10. The topological polar surface area (TPSA) is 82.0 Å². The van der Waals surface area contributed by atoms with Crippen LogP contribution in [0.25, 0.3) is 0 Å². The van der Waals surface area contributed by atoms with Gasteiger partial charge in [-0.2, -0.15) is 5.26 Å². The van der Waals surface area contributed by atoms with Crippen LogP contribution in [-0.2, 0) is 9.59 Å². The molecule has 0 aliphatic carbocycles. The van der Waals surface area contributed by atoms with Crippen molar-refractivity contribution in [3.8, 4) is 6.07 Å². The number of amides is 2. The van der Waals surface area contributed by atoms with Gasteiger partial charge in [0.2, 0.25) is 5.91 Å². The highest BCUT2D eigenvalue weighted by Gasteiger charge is 2.12. The summed E-state index contributed by atoms with van der Waals surface area (Å²) in [6, 6.07) is 9.02. The number of rotatable bonds is 5. The average molecular weight is 336 g/mol. The van der Waals surface area contributed by atoms with E-state index in [0.717, 1.165) is 10.2 Å². The fraction of sp³-hybridized carbons (Fsp3) is 0.214. The molecule has 0 heterocycles. The smallest absolute Gasteiger partial charge is 0.269 e. The van der Waals surface area contributed by atoms with E-state index in [1.54, 1.807) is 18.2 Å². The van der Waals surface area contributed by atoms with E-state index in [9.17, 15) is 9.59 Å². The molecular formula is C14H14BrN3O2. The van der Waals surface area contributed by atoms with E-state index in [2.05, 4.69) is 26.6 Å². The van der Waals surface area contributed by atoms with E-state index < -0.39 is 5.91 Å². The number of benzene rings is 1. The van der Waals surface area contributed by atoms with Crippen LogP contribution >= 0.6 is 15.9 Å². The predicted molar refractivity (Wildman–Crippen MR) is 79.5 cm³/mol. The maximum atomic E-state index is 11.7. The number of anilines is 1. The Morgan fingerprint density at radius 1 is 1.45 bits per heavy atom. The molecule has 0 fully saturated rings. The number of hydrogen-bond donors (Lipinski definition) is 2. The molecule has 0 aliphatic rings. The Bertz CT molecular complexity index is 576. The Hall–Kier alpha value is -2.13. The summed E-state index contributed by atoms with van der Waals surface area (Å²) in [6.07, 6.45) is 2.17. The van der Waals surface area contributed by atoms with Crippen molar-refractivity contribution < 1.29 is 9.59 Å². The molecule has 104 valence electrons. The number of halogens is 1. The molecule has 20 heavy (non-hydrogen) atoms. The number of imide groups is 1. The minimum absolute atomic E-state index is 0.158. The molecule has 0 bridgehead atoms. The zero-order valence-corrected chi connectivity index (χ0v) is 12.5. The van der Waals surface area contributed by atoms with Gasteiger partial charge in [-0.1, -0.05) is 28.9 Å². The van der Waals surface area contributed by atoms with Crippen LogP contribution in [0.5, 0.6) is 0 Å². The second-order valence-corrected chi connectivity index (χ2v) is 4.87. The zero-order valence-electron chi connectivity index (χ0n) is 10.9. The van der Waals surface area contributed by atoms with Crippen molar-refractivity contribution in [3.05, 3.63) is 40.5 Å². The number of nitriles is 1. The lowest BCUT2D eigenvalue weighted by molar-refractivity contribution is -0.128. The Labute approximate surface area is 125 Å². The molecule has 1 rings (SSSR count). The zero-order chi connectivity index (χ0) is 15.0. The Morgan fingerprint density at radius 3 is 2.80 bits per heavy atom. The van der Waals surface area contributed by atoms with Gasteiger partial charge in [-0.15, -0.1) is 0 Å². The van der Waals surface area contributed by atoms with E-state index in [1.807, 2.05) is 19.1 Å². The van der Waals surface area contributed by atoms with Crippen LogP contribution in [0.1, 0.15) is 19.8 Å². The monoisotopic (exact) mass is 335 g/mol. The third kappa shape index (κ3) is 5.24. The lowest BCUT2D eigenvalue weighted by Gasteiger charge is -2.04. The molecule has 1 aromatic carbocycles. The fourth-order valence-corrected chi connectivity index (χ4v) is 1.77. The fourth-order valence-electron chi connectivity index (χ4n) is 1.37. The summed E-state index contributed by atoms with van der Waals surface area (Å²) in [6.45, 7) is 1.83. The summed E-state index contributed by atoms with van der Waals surface area (Å²) in [5.41, 5.74) is 0.564. The van der Waals surface area contributed by atoms with Crippen LogP contribution in [0, 0.1) is 11.3 Å². The maximum absolute atomic E-state index is 11.7. The lowest BCUT2D eigenvalue weighted by Crippen LogP contribution is -2.31. The molecule has 6 heteroatoms. The van der Waals surface area contributed by atoms with Gasteiger partial charge in [-0.3, -0.25) is 14.9 Å². The first-order valence-electron chi connectivity index (χ1n) is 6.03. The molecule has 0 aromatic heterocycles. The van der Waals surface area contributed by atoms with Crippen molar-refractivity contribution in [2.45, 2.75) is 19.8 Å². The Balaban J connectivity index is 2.70. The molecule has 2 N–H and O–H groups in total. The molecule has 0 saturated heterocycles. The second-order valence-electron chi connectivity index (χ2n) is 3.95. The van der Waals surface area contributed by atoms with Crippen LogP contribution in [0.2, 0.25) is 0 Å².